The third kappa shape index (κ3) is 4.80. The molecule has 6 aromatic rings. The maximum absolute atomic E-state index is 10.7. The van der Waals surface area contributed by atoms with Crippen molar-refractivity contribution < 1.29 is 9.53 Å². The first-order valence-corrected chi connectivity index (χ1v) is 18.8. The smallest absolute Gasteiger partial charge is 0.299 e. The maximum atomic E-state index is 10.7. The van der Waals surface area contributed by atoms with E-state index < -0.39 is 0 Å². The SMILES string of the molecule is CC1(C)c2ccccc2-c2ccc(N3c4ccc(-c5ccc(-c6ccc(/C=C(\C#N)OC=O)s6)s5)c5c4C(CCC5)C3c3ccccc3)cc21. The Labute approximate surface area is 300 Å². The second-order valence-electron chi connectivity index (χ2n) is 13.8. The number of fused-ring (bicyclic) bond motifs is 3. The van der Waals surface area contributed by atoms with E-state index in [9.17, 15) is 10.1 Å². The molecule has 0 fully saturated rings. The number of nitrogens with zero attached hydrogens (tertiary/aromatic N) is 2. The molecule has 0 bridgehead atoms. The molecule has 244 valence electrons. The molecule has 0 N–H and O–H groups in total. The summed E-state index contributed by atoms with van der Waals surface area (Å²) in [5.41, 5.74) is 13.8. The van der Waals surface area contributed by atoms with Crippen LogP contribution in [-0.4, -0.2) is 6.47 Å². The van der Waals surface area contributed by atoms with Crippen LogP contribution in [0.2, 0.25) is 0 Å². The zero-order valence-corrected chi connectivity index (χ0v) is 29.5. The lowest BCUT2D eigenvalue weighted by atomic mass is 9.77. The summed E-state index contributed by atoms with van der Waals surface area (Å²) in [5, 5.41) is 9.27. The number of hydrogen-bond acceptors (Lipinski definition) is 6. The van der Waals surface area contributed by atoms with Gasteiger partial charge in [-0.2, -0.15) is 5.26 Å². The highest BCUT2D eigenvalue weighted by atomic mass is 32.1. The minimum Gasteiger partial charge on any atom is -0.417 e. The first kappa shape index (κ1) is 30.8. The van der Waals surface area contributed by atoms with Crippen LogP contribution < -0.4 is 4.90 Å². The van der Waals surface area contributed by atoms with Crippen LogP contribution >= 0.6 is 22.7 Å². The first-order valence-electron chi connectivity index (χ1n) is 17.1. The number of benzene rings is 4. The molecule has 2 atom stereocenters. The summed E-state index contributed by atoms with van der Waals surface area (Å²) >= 11 is 3.40. The van der Waals surface area contributed by atoms with Gasteiger partial charge in [0.2, 0.25) is 5.76 Å². The molecule has 0 saturated carbocycles. The standard InChI is InChI=1S/C44H34N2O2S2/c1-44(2)36-14-7-6-11-31(36)32-17-15-28(23-37(32)44)46-38-19-18-33(34-12-8-13-35(42(34)38)43(46)27-9-4-3-5-10-27)39-21-22-41(50-39)40-20-16-30(49-40)24-29(25-45)48-26-47/h3-7,9-11,14-24,26,35,43H,8,12-13H2,1-2H3/b29-24+. The molecule has 2 aliphatic carbocycles. The Balaban J connectivity index is 1.14. The van der Waals surface area contributed by atoms with E-state index in [1.54, 1.807) is 17.4 Å². The maximum Gasteiger partial charge on any atom is 0.299 e. The Morgan fingerprint density at radius 2 is 1.58 bits per heavy atom. The van der Waals surface area contributed by atoms with Gasteiger partial charge in [0, 0.05) is 48.3 Å². The lowest BCUT2D eigenvalue weighted by Crippen LogP contribution is -2.23. The number of hydrogen-bond donors (Lipinski definition) is 0. The normalized spacial score (nSPS) is 18.3. The molecule has 0 spiro atoms. The number of thiophene rings is 2. The van der Waals surface area contributed by atoms with Gasteiger partial charge in [0.25, 0.3) is 6.47 Å². The van der Waals surface area contributed by atoms with E-state index in [2.05, 4.69) is 122 Å². The van der Waals surface area contributed by atoms with Crippen molar-refractivity contribution in [3.63, 3.8) is 0 Å². The van der Waals surface area contributed by atoms with Gasteiger partial charge in [-0.3, -0.25) is 4.79 Å². The summed E-state index contributed by atoms with van der Waals surface area (Å²) in [6.07, 6.45) is 5.02. The van der Waals surface area contributed by atoms with Crippen molar-refractivity contribution in [1.29, 1.82) is 5.26 Å². The van der Waals surface area contributed by atoms with Crippen molar-refractivity contribution in [1.82, 2.24) is 0 Å². The Morgan fingerprint density at radius 3 is 2.42 bits per heavy atom. The summed E-state index contributed by atoms with van der Waals surface area (Å²) < 4.78 is 4.79. The molecule has 3 aliphatic rings. The van der Waals surface area contributed by atoms with Gasteiger partial charge in [-0.15, -0.1) is 22.7 Å². The lowest BCUT2D eigenvalue weighted by Gasteiger charge is -2.33. The Hall–Kier alpha value is -5.22. The first-order chi connectivity index (χ1) is 24.5. The molecular formula is C44H34N2O2S2. The van der Waals surface area contributed by atoms with Gasteiger partial charge in [0.05, 0.1) is 6.04 Å². The average Bonchev–Trinajstić information content (AvgIpc) is 3.94. The van der Waals surface area contributed by atoms with Crippen LogP contribution in [0.5, 0.6) is 0 Å². The average molecular weight is 687 g/mol. The van der Waals surface area contributed by atoms with Crippen molar-refractivity contribution in [3.8, 4) is 37.4 Å². The largest absolute Gasteiger partial charge is 0.417 e. The molecule has 9 rings (SSSR count). The van der Waals surface area contributed by atoms with Crippen molar-refractivity contribution in [2.75, 3.05) is 4.90 Å². The highest BCUT2D eigenvalue weighted by Crippen LogP contribution is 2.60. The molecule has 6 heteroatoms. The van der Waals surface area contributed by atoms with Crippen LogP contribution in [0, 0.1) is 11.3 Å². The van der Waals surface area contributed by atoms with Gasteiger partial charge in [-0.1, -0.05) is 80.6 Å². The molecule has 2 unspecified atom stereocenters. The van der Waals surface area contributed by atoms with Gasteiger partial charge in [0.15, 0.2) is 0 Å². The Morgan fingerprint density at radius 1 is 0.840 bits per heavy atom. The Kier molecular flexibility index (Phi) is 7.38. The number of carbonyl (C=O) groups excluding carboxylic acids is 1. The summed E-state index contributed by atoms with van der Waals surface area (Å²) in [7, 11) is 0. The van der Waals surface area contributed by atoms with Crippen molar-refractivity contribution in [2.45, 2.75) is 50.5 Å². The summed E-state index contributed by atoms with van der Waals surface area (Å²) in [4.78, 5) is 17.9. The van der Waals surface area contributed by atoms with Gasteiger partial charge in [-0.25, -0.2) is 0 Å². The zero-order chi connectivity index (χ0) is 34.0. The quantitative estimate of drug-likeness (QED) is 0.0953. The second-order valence-corrected chi connectivity index (χ2v) is 16.0. The Bertz CT molecular complexity index is 2370. The van der Waals surface area contributed by atoms with Gasteiger partial charge in [0.1, 0.15) is 6.07 Å². The second kappa shape index (κ2) is 12.0. The minimum absolute atomic E-state index is 0.0105. The van der Waals surface area contributed by atoms with E-state index in [-0.39, 0.29) is 23.7 Å². The number of ether oxygens (including phenoxy) is 1. The molecule has 0 amide bonds. The van der Waals surface area contributed by atoms with Crippen molar-refractivity contribution >= 4 is 46.6 Å². The monoisotopic (exact) mass is 686 g/mol. The number of nitriles is 1. The van der Waals surface area contributed by atoms with Gasteiger partial charge < -0.3 is 9.64 Å². The summed E-state index contributed by atoms with van der Waals surface area (Å²) in [6, 6.07) is 42.6. The van der Waals surface area contributed by atoms with E-state index in [1.807, 2.05) is 23.5 Å². The van der Waals surface area contributed by atoms with E-state index in [0.717, 1.165) is 16.2 Å². The van der Waals surface area contributed by atoms with Crippen LogP contribution in [0.25, 0.3) is 37.4 Å². The van der Waals surface area contributed by atoms with Crippen molar-refractivity contribution in [2.24, 2.45) is 0 Å². The van der Waals surface area contributed by atoms with Crippen LogP contribution in [0.1, 0.15) is 71.3 Å². The molecule has 50 heavy (non-hydrogen) atoms. The van der Waals surface area contributed by atoms with Crippen LogP contribution in [0.3, 0.4) is 0 Å². The number of carbonyl (C=O) groups is 1. The van der Waals surface area contributed by atoms with Crippen molar-refractivity contribution in [3.05, 3.63) is 148 Å². The molecule has 0 saturated heterocycles. The predicted octanol–water partition coefficient (Wildman–Crippen LogP) is 11.8. The molecule has 0 radical (unpaired) electrons. The van der Waals surface area contributed by atoms with E-state index >= 15 is 0 Å². The highest BCUT2D eigenvalue weighted by Gasteiger charge is 2.44. The number of allylic oxidation sites excluding steroid dienone is 1. The fourth-order valence-electron chi connectivity index (χ4n) is 8.69. The predicted molar refractivity (Wildman–Crippen MR) is 205 cm³/mol. The highest BCUT2D eigenvalue weighted by molar-refractivity contribution is 7.24. The zero-order valence-electron chi connectivity index (χ0n) is 27.9. The molecule has 4 aromatic carbocycles. The van der Waals surface area contributed by atoms with Crippen LogP contribution in [0.15, 0.2) is 115 Å². The van der Waals surface area contributed by atoms with Crippen LogP contribution in [0.4, 0.5) is 11.4 Å². The summed E-state index contributed by atoms with van der Waals surface area (Å²) in [6.45, 7) is 5.02. The number of anilines is 2. The third-order valence-corrected chi connectivity index (χ3v) is 13.2. The topological polar surface area (TPSA) is 53.3 Å². The van der Waals surface area contributed by atoms with E-state index in [0.29, 0.717) is 5.92 Å². The lowest BCUT2D eigenvalue weighted by molar-refractivity contribution is -0.124. The van der Waals surface area contributed by atoms with Gasteiger partial charge in [-0.05, 0) is 106 Å². The van der Waals surface area contributed by atoms with Gasteiger partial charge >= 0.3 is 0 Å². The van der Waals surface area contributed by atoms with Crippen LogP contribution in [-0.2, 0) is 21.4 Å². The fraction of sp³-hybridized carbons (Fsp3) is 0.182. The third-order valence-electron chi connectivity index (χ3n) is 10.9. The fourth-order valence-corrected chi connectivity index (χ4v) is 10.8. The molecule has 4 nitrogen and oxygen atoms in total. The number of rotatable bonds is 7. The minimum atomic E-state index is -0.0626. The molecule has 1 aliphatic heterocycles. The molecular weight excluding hydrogens is 653 g/mol. The molecule has 3 heterocycles. The molecule has 2 aromatic heterocycles. The summed E-state index contributed by atoms with van der Waals surface area (Å²) in [5.74, 6) is 0.396. The van der Waals surface area contributed by atoms with E-state index in [4.69, 9.17) is 4.74 Å². The van der Waals surface area contributed by atoms with E-state index in [1.165, 1.54) is 78.5 Å².